The number of hydrogen-bond acceptors (Lipinski definition) is 7. The molecule has 0 fully saturated rings. The lowest BCUT2D eigenvalue weighted by Gasteiger charge is -2.28. The van der Waals surface area contributed by atoms with Crippen LogP contribution in [0, 0.1) is 5.92 Å². The first kappa shape index (κ1) is 22.2. The van der Waals surface area contributed by atoms with Crippen molar-refractivity contribution in [3.63, 3.8) is 0 Å². The zero-order valence-electron chi connectivity index (χ0n) is 15.9. The van der Waals surface area contributed by atoms with Gasteiger partial charge in [0.1, 0.15) is 5.75 Å². The lowest BCUT2D eigenvalue weighted by molar-refractivity contribution is -0.146. The van der Waals surface area contributed by atoms with Gasteiger partial charge in [-0.3, -0.25) is 4.79 Å². The molecule has 10 heteroatoms. The van der Waals surface area contributed by atoms with Crippen molar-refractivity contribution >= 4 is 15.9 Å². The zero-order valence-corrected chi connectivity index (χ0v) is 16.7. The molecule has 0 bridgehead atoms. The fourth-order valence-corrected chi connectivity index (χ4v) is 4.16. The molecule has 0 unspecified atom stereocenters. The highest BCUT2D eigenvalue weighted by atomic mass is 32.2. The average molecular weight is 414 g/mol. The second-order valence-corrected chi connectivity index (χ2v) is 8.27. The standard InChI is InChI=1S/C18H26N2O7S/c1-13-11-16(18(19)22)27-17(12-13)26-10-8-20(7-9-21)28(23,24)15-5-3-14(25-2)4-6-15/h3-6,11,13,17,21H,7-10,12H2,1-2H3,(H2,19,22)/t13-,17+/m1/s1. The van der Waals surface area contributed by atoms with Crippen LogP contribution < -0.4 is 10.5 Å². The van der Waals surface area contributed by atoms with Gasteiger partial charge < -0.3 is 25.1 Å². The highest BCUT2D eigenvalue weighted by Crippen LogP contribution is 2.23. The summed E-state index contributed by atoms with van der Waals surface area (Å²) < 4.78 is 42.8. The fourth-order valence-electron chi connectivity index (χ4n) is 2.75. The van der Waals surface area contributed by atoms with E-state index < -0.39 is 22.2 Å². The third kappa shape index (κ3) is 5.68. The van der Waals surface area contributed by atoms with Gasteiger partial charge in [0.05, 0.1) is 25.2 Å². The van der Waals surface area contributed by atoms with Crippen molar-refractivity contribution in [2.24, 2.45) is 11.7 Å². The summed E-state index contributed by atoms with van der Waals surface area (Å²) >= 11 is 0. The SMILES string of the molecule is COc1ccc(S(=O)(=O)N(CCO)CCO[C@@H]2C[C@H](C)C=C(C(N)=O)O2)cc1. The number of rotatable bonds is 10. The van der Waals surface area contributed by atoms with Crippen LogP contribution in [0.2, 0.25) is 0 Å². The highest BCUT2D eigenvalue weighted by Gasteiger charge is 2.27. The Morgan fingerprint density at radius 3 is 2.57 bits per heavy atom. The number of nitrogens with two attached hydrogens (primary N) is 1. The fraction of sp³-hybridized carbons (Fsp3) is 0.500. The van der Waals surface area contributed by atoms with Crippen molar-refractivity contribution in [3.8, 4) is 5.75 Å². The Morgan fingerprint density at radius 2 is 2.00 bits per heavy atom. The molecule has 28 heavy (non-hydrogen) atoms. The van der Waals surface area contributed by atoms with E-state index >= 15 is 0 Å². The molecule has 0 radical (unpaired) electrons. The van der Waals surface area contributed by atoms with Gasteiger partial charge in [0.2, 0.25) is 16.3 Å². The number of ether oxygens (including phenoxy) is 3. The number of amides is 1. The van der Waals surface area contributed by atoms with Gasteiger partial charge in [0.25, 0.3) is 5.91 Å². The number of sulfonamides is 1. The number of aliphatic hydroxyl groups excluding tert-OH is 1. The normalized spacial score (nSPS) is 19.8. The van der Waals surface area contributed by atoms with Gasteiger partial charge in [-0.2, -0.15) is 4.31 Å². The van der Waals surface area contributed by atoms with Gasteiger partial charge in [-0.15, -0.1) is 0 Å². The molecule has 0 aliphatic carbocycles. The van der Waals surface area contributed by atoms with Gasteiger partial charge in [0.15, 0.2) is 5.76 Å². The average Bonchev–Trinajstić information content (AvgIpc) is 2.66. The highest BCUT2D eigenvalue weighted by molar-refractivity contribution is 7.89. The van der Waals surface area contributed by atoms with Gasteiger partial charge in [-0.05, 0) is 36.3 Å². The Hall–Kier alpha value is -2.14. The maximum Gasteiger partial charge on any atom is 0.283 e. The van der Waals surface area contributed by atoms with Crippen LogP contribution in [0.1, 0.15) is 13.3 Å². The Balaban J connectivity index is 2.00. The lowest BCUT2D eigenvalue weighted by Crippen LogP contribution is -2.38. The summed E-state index contributed by atoms with van der Waals surface area (Å²) in [6.45, 7) is 1.53. The smallest absolute Gasteiger partial charge is 0.283 e. The molecule has 1 amide bonds. The van der Waals surface area contributed by atoms with Crippen molar-refractivity contribution < 1.29 is 32.5 Å². The van der Waals surface area contributed by atoms with Gasteiger partial charge in [-0.1, -0.05) is 6.92 Å². The Morgan fingerprint density at radius 1 is 1.32 bits per heavy atom. The van der Waals surface area contributed by atoms with Crippen LogP contribution >= 0.6 is 0 Å². The van der Waals surface area contributed by atoms with Crippen LogP contribution in [-0.4, -0.2) is 63.4 Å². The molecule has 1 aliphatic heterocycles. The number of methoxy groups -OCH3 is 1. The molecule has 1 aromatic carbocycles. The summed E-state index contributed by atoms with van der Waals surface area (Å²) in [5.74, 6) is -0.0540. The topological polar surface area (TPSA) is 128 Å². The molecular weight excluding hydrogens is 388 g/mol. The van der Waals surface area contributed by atoms with Crippen LogP contribution in [-0.2, 0) is 24.3 Å². The predicted molar refractivity (Wildman–Crippen MR) is 101 cm³/mol. The Labute approximate surface area is 164 Å². The molecule has 2 atom stereocenters. The van der Waals surface area contributed by atoms with Crippen LogP contribution in [0.15, 0.2) is 41.0 Å². The van der Waals surface area contributed by atoms with E-state index in [1.165, 1.54) is 19.2 Å². The second-order valence-electron chi connectivity index (χ2n) is 6.33. The number of allylic oxidation sites excluding steroid dienone is 1. The third-order valence-electron chi connectivity index (χ3n) is 4.19. The molecular formula is C18H26N2O7S. The maximum atomic E-state index is 12.8. The zero-order chi connectivity index (χ0) is 20.7. The van der Waals surface area contributed by atoms with Crippen molar-refractivity contribution in [2.45, 2.75) is 24.5 Å². The van der Waals surface area contributed by atoms with Crippen LogP contribution in [0.4, 0.5) is 0 Å². The minimum Gasteiger partial charge on any atom is -0.497 e. The molecule has 0 spiro atoms. The summed E-state index contributed by atoms with van der Waals surface area (Å²) in [4.78, 5) is 11.4. The third-order valence-corrected chi connectivity index (χ3v) is 6.11. The Bertz CT molecular complexity index is 793. The first-order valence-electron chi connectivity index (χ1n) is 8.83. The van der Waals surface area contributed by atoms with E-state index in [1.54, 1.807) is 18.2 Å². The minimum absolute atomic E-state index is 0.0127. The van der Waals surface area contributed by atoms with E-state index in [-0.39, 0.29) is 42.9 Å². The number of benzene rings is 1. The van der Waals surface area contributed by atoms with Gasteiger partial charge in [-0.25, -0.2) is 8.42 Å². The van der Waals surface area contributed by atoms with Crippen molar-refractivity contribution in [3.05, 3.63) is 36.1 Å². The quantitative estimate of drug-likeness (QED) is 0.569. The molecule has 3 N–H and O–H groups in total. The molecule has 156 valence electrons. The Kier molecular flexibility index (Phi) is 7.81. The number of aliphatic hydroxyl groups is 1. The van der Waals surface area contributed by atoms with E-state index in [1.807, 2.05) is 6.92 Å². The second kappa shape index (κ2) is 9.87. The number of hydrogen-bond donors (Lipinski definition) is 2. The molecule has 1 aromatic rings. The molecule has 0 saturated heterocycles. The first-order chi connectivity index (χ1) is 13.3. The van der Waals surface area contributed by atoms with Crippen molar-refractivity contribution in [1.29, 1.82) is 0 Å². The monoisotopic (exact) mass is 414 g/mol. The summed E-state index contributed by atoms with van der Waals surface area (Å²) in [5.41, 5.74) is 5.24. The van der Waals surface area contributed by atoms with Gasteiger partial charge in [0, 0.05) is 19.5 Å². The maximum absolute atomic E-state index is 12.8. The molecule has 9 nitrogen and oxygen atoms in total. The summed E-state index contributed by atoms with van der Waals surface area (Å²) in [6.07, 6.45) is 1.46. The number of carbonyl (C=O) groups excluding carboxylic acids is 1. The lowest BCUT2D eigenvalue weighted by atomic mass is 10.0. The molecule has 2 rings (SSSR count). The number of nitrogens with zero attached hydrogens (tertiary/aromatic N) is 1. The van der Waals surface area contributed by atoms with E-state index in [4.69, 9.17) is 19.9 Å². The van der Waals surface area contributed by atoms with Crippen molar-refractivity contribution in [1.82, 2.24) is 4.31 Å². The van der Waals surface area contributed by atoms with E-state index in [9.17, 15) is 18.3 Å². The summed E-state index contributed by atoms with van der Waals surface area (Å²) in [5, 5.41) is 9.26. The van der Waals surface area contributed by atoms with E-state index in [2.05, 4.69) is 0 Å². The van der Waals surface area contributed by atoms with Crippen molar-refractivity contribution in [2.75, 3.05) is 33.4 Å². The first-order valence-corrected chi connectivity index (χ1v) is 10.3. The minimum atomic E-state index is -3.81. The largest absolute Gasteiger partial charge is 0.497 e. The van der Waals surface area contributed by atoms with Gasteiger partial charge >= 0.3 is 0 Å². The molecule has 1 heterocycles. The van der Waals surface area contributed by atoms with Crippen LogP contribution in [0.25, 0.3) is 0 Å². The molecule has 0 aromatic heterocycles. The number of carbonyl (C=O) groups is 1. The van der Waals surface area contributed by atoms with Crippen LogP contribution in [0.5, 0.6) is 5.75 Å². The molecule has 1 aliphatic rings. The van der Waals surface area contributed by atoms with Crippen LogP contribution in [0.3, 0.4) is 0 Å². The predicted octanol–water partition coefficient (Wildman–Crippen LogP) is 0.447. The summed E-state index contributed by atoms with van der Waals surface area (Å²) in [6, 6.07) is 5.98. The van der Waals surface area contributed by atoms with E-state index in [0.29, 0.717) is 12.2 Å². The van der Waals surface area contributed by atoms with E-state index in [0.717, 1.165) is 4.31 Å². The number of primary amides is 1. The summed E-state index contributed by atoms with van der Waals surface area (Å²) in [7, 11) is -2.32. The molecule has 0 saturated carbocycles.